The zero-order valence-electron chi connectivity index (χ0n) is 12.9. The quantitative estimate of drug-likeness (QED) is 0.737. The predicted octanol–water partition coefficient (Wildman–Crippen LogP) is 3.59. The lowest BCUT2D eigenvalue weighted by Gasteiger charge is -2.31. The standard InChI is InChI=1S/C16H21FN2O/c1-15(2,3)14-18-12-10(8-7-9-11(12)17)13(20)19(14)16(4,5)6/h7-9H,1-6H3. The Morgan fingerprint density at radius 3 is 2.20 bits per heavy atom. The van der Waals surface area contributed by atoms with Crippen molar-refractivity contribution in [3.05, 3.63) is 40.2 Å². The number of aromatic nitrogens is 2. The fourth-order valence-electron chi connectivity index (χ4n) is 2.30. The zero-order valence-corrected chi connectivity index (χ0v) is 12.9. The van der Waals surface area contributed by atoms with E-state index >= 15 is 0 Å². The molecule has 0 aliphatic carbocycles. The number of hydrogen-bond donors (Lipinski definition) is 0. The summed E-state index contributed by atoms with van der Waals surface area (Å²) >= 11 is 0. The molecule has 2 rings (SSSR count). The first-order valence-corrected chi connectivity index (χ1v) is 6.76. The van der Waals surface area contributed by atoms with Gasteiger partial charge >= 0.3 is 0 Å². The van der Waals surface area contributed by atoms with E-state index in [-0.39, 0.29) is 16.5 Å². The largest absolute Gasteiger partial charge is 0.290 e. The van der Waals surface area contributed by atoms with E-state index < -0.39 is 11.4 Å². The molecule has 3 nitrogen and oxygen atoms in total. The van der Waals surface area contributed by atoms with Gasteiger partial charge in [-0.25, -0.2) is 9.37 Å². The first-order valence-electron chi connectivity index (χ1n) is 6.76. The molecule has 0 saturated heterocycles. The third kappa shape index (κ3) is 2.35. The van der Waals surface area contributed by atoms with E-state index in [1.54, 1.807) is 16.7 Å². The molecule has 0 amide bonds. The summed E-state index contributed by atoms with van der Waals surface area (Å²) < 4.78 is 15.6. The third-order valence-corrected chi connectivity index (χ3v) is 3.19. The molecule has 0 radical (unpaired) electrons. The number of para-hydroxylation sites is 1. The molecule has 0 unspecified atom stereocenters. The molecular formula is C16H21FN2O. The van der Waals surface area contributed by atoms with Crippen LogP contribution in [-0.2, 0) is 11.0 Å². The highest BCUT2D eigenvalue weighted by molar-refractivity contribution is 5.78. The summed E-state index contributed by atoms with van der Waals surface area (Å²) in [5.41, 5.74) is -0.786. The number of halogens is 1. The van der Waals surface area contributed by atoms with Crippen molar-refractivity contribution in [3.63, 3.8) is 0 Å². The second-order valence-electron chi connectivity index (χ2n) is 7.13. The number of nitrogens with zero attached hydrogens (tertiary/aromatic N) is 2. The summed E-state index contributed by atoms with van der Waals surface area (Å²) in [4.78, 5) is 17.2. The molecule has 4 heteroatoms. The monoisotopic (exact) mass is 276 g/mol. The van der Waals surface area contributed by atoms with Crippen molar-refractivity contribution in [3.8, 4) is 0 Å². The fraction of sp³-hybridized carbons (Fsp3) is 0.500. The Hall–Kier alpha value is -1.71. The maximum absolute atomic E-state index is 14.0. The number of fused-ring (bicyclic) bond motifs is 1. The molecule has 0 atom stereocenters. The maximum atomic E-state index is 14.0. The highest BCUT2D eigenvalue weighted by atomic mass is 19.1. The summed E-state index contributed by atoms with van der Waals surface area (Å²) in [5, 5.41) is 0.327. The molecule has 108 valence electrons. The Morgan fingerprint density at radius 1 is 1.10 bits per heavy atom. The number of benzene rings is 1. The van der Waals surface area contributed by atoms with Crippen LogP contribution in [0, 0.1) is 5.82 Å². The van der Waals surface area contributed by atoms with Crippen LogP contribution in [0.3, 0.4) is 0 Å². The van der Waals surface area contributed by atoms with Crippen LogP contribution < -0.4 is 5.56 Å². The van der Waals surface area contributed by atoms with Gasteiger partial charge in [-0.05, 0) is 32.9 Å². The molecule has 20 heavy (non-hydrogen) atoms. The molecule has 1 aromatic heterocycles. The minimum atomic E-state index is -0.453. The third-order valence-electron chi connectivity index (χ3n) is 3.19. The van der Waals surface area contributed by atoms with Gasteiger partial charge < -0.3 is 0 Å². The van der Waals surface area contributed by atoms with E-state index in [2.05, 4.69) is 4.98 Å². The molecule has 0 aliphatic heterocycles. The van der Waals surface area contributed by atoms with Crippen LogP contribution in [-0.4, -0.2) is 9.55 Å². The van der Waals surface area contributed by atoms with Crippen LogP contribution in [0.2, 0.25) is 0 Å². The van der Waals surface area contributed by atoms with Gasteiger partial charge in [0.15, 0.2) is 0 Å². The van der Waals surface area contributed by atoms with Gasteiger partial charge in [-0.1, -0.05) is 26.8 Å². The smallest absolute Gasteiger partial charge is 0.262 e. The Bertz CT molecular complexity index is 718. The highest BCUT2D eigenvalue weighted by Crippen LogP contribution is 2.26. The Labute approximate surface area is 118 Å². The van der Waals surface area contributed by atoms with Crippen molar-refractivity contribution in [1.29, 1.82) is 0 Å². The second-order valence-corrected chi connectivity index (χ2v) is 7.13. The van der Waals surface area contributed by atoms with Crippen molar-refractivity contribution >= 4 is 10.9 Å². The van der Waals surface area contributed by atoms with Gasteiger partial charge in [0.2, 0.25) is 0 Å². The molecule has 0 N–H and O–H groups in total. The van der Waals surface area contributed by atoms with Gasteiger partial charge in [-0.15, -0.1) is 0 Å². The van der Waals surface area contributed by atoms with Gasteiger partial charge in [-0.3, -0.25) is 9.36 Å². The molecule has 0 spiro atoms. The molecule has 1 heterocycles. The minimum absolute atomic E-state index is 0.155. The zero-order chi connectivity index (χ0) is 15.3. The summed E-state index contributed by atoms with van der Waals surface area (Å²) in [7, 11) is 0. The minimum Gasteiger partial charge on any atom is -0.290 e. The van der Waals surface area contributed by atoms with Crippen LogP contribution in [0.1, 0.15) is 47.4 Å². The predicted molar refractivity (Wildman–Crippen MR) is 79.7 cm³/mol. The Morgan fingerprint density at radius 2 is 1.70 bits per heavy atom. The van der Waals surface area contributed by atoms with E-state index in [4.69, 9.17) is 0 Å². The van der Waals surface area contributed by atoms with Crippen molar-refractivity contribution in [2.75, 3.05) is 0 Å². The average molecular weight is 276 g/mol. The van der Waals surface area contributed by atoms with E-state index in [0.717, 1.165) is 0 Å². The van der Waals surface area contributed by atoms with Crippen LogP contribution in [0.25, 0.3) is 10.9 Å². The number of rotatable bonds is 0. The summed E-state index contributed by atoms with van der Waals surface area (Å²) in [6.07, 6.45) is 0. The molecule has 1 aromatic carbocycles. The van der Waals surface area contributed by atoms with Gasteiger partial charge in [0, 0.05) is 11.0 Å². The molecule has 0 aliphatic rings. The SMILES string of the molecule is CC(C)(C)c1nc2c(F)cccc2c(=O)n1C(C)(C)C. The molecule has 0 saturated carbocycles. The first-order chi connectivity index (χ1) is 9.03. The van der Waals surface area contributed by atoms with Crippen LogP contribution in [0.15, 0.2) is 23.0 Å². The normalized spacial score (nSPS) is 12.9. The molecular weight excluding hydrogens is 255 g/mol. The Balaban J connectivity index is 3.04. The second kappa shape index (κ2) is 4.40. The van der Waals surface area contributed by atoms with Crippen molar-refractivity contribution in [2.45, 2.75) is 52.5 Å². The summed E-state index contributed by atoms with van der Waals surface area (Å²) in [6, 6.07) is 4.51. The molecule has 0 bridgehead atoms. The van der Waals surface area contributed by atoms with Crippen LogP contribution in [0.4, 0.5) is 4.39 Å². The Kier molecular flexibility index (Phi) is 3.23. The van der Waals surface area contributed by atoms with E-state index in [1.807, 2.05) is 41.5 Å². The summed E-state index contributed by atoms with van der Waals surface area (Å²) in [5.74, 6) is 0.152. The summed E-state index contributed by atoms with van der Waals surface area (Å²) in [6.45, 7) is 11.8. The van der Waals surface area contributed by atoms with Crippen molar-refractivity contribution < 1.29 is 4.39 Å². The van der Waals surface area contributed by atoms with E-state index in [0.29, 0.717) is 11.2 Å². The van der Waals surface area contributed by atoms with Gasteiger partial charge in [0.25, 0.3) is 5.56 Å². The van der Waals surface area contributed by atoms with E-state index in [9.17, 15) is 9.18 Å². The lowest BCUT2D eigenvalue weighted by molar-refractivity contribution is 0.337. The first kappa shape index (κ1) is 14.7. The van der Waals surface area contributed by atoms with Gasteiger partial charge in [0.05, 0.1) is 5.39 Å². The lowest BCUT2D eigenvalue weighted by atomic mass is 9.93. The van der Waals surface area contributed by atoms with Crippen LogP contribution >= 0.6 is 0 Å². The van der Waals surface area contributed by atoms with Gasteiger partial charge in [-0.2, -0.15) is 0 Å². The van der Waals surface area contributed by atoms with Crippen molar-refractivity contribution in [1.82, 2.24) is 9.55 Å². The lowest BCUT2D eigenvalue weighted by Crippen LogP contribution is -2.40. The highest BCUT2D eigenvalue weighted by Gasteiger charge is 2.28. The topological polar surface area (TPSA) is 34.9 Å². The fourth-order valence-corrected chi connectivity index (χ4v) is 2.30. The maximum Gasteiger partial charge on any atom is 0.262 e. The number of hydrogen-bond acceptors (Lipinski definition) is 2. The van der Waals surface area contributed by atoms with Crippen LogP contribution in [0.5, 0.6) is 0 Å². The van der Waals surface area contributed by atoms with E-state index in [1.165, 1.54) is 6.07 Å². The average Bonchev–Trinajstić information content (AvgIpc) is 2.27. The van der Waals surface area contributed by atoms with Gasteiger partial charge in [0.1, 0.15) is 17.2 Å². The van der Waals surface area contributed by atoms with Crippen molar-refractivity contribution in [2.24, 2.45) is 0 Å². The molecule has 0 fully saturated rings. The molecule has 2 aromatic rings.